The number of nitrogens with one attached hydrogen (secondary N) is 1. The molecule has 1 aliphatic carbocycles. The molecule has 0 bridgehead atoms. The number of ether oxygens (including phenoxy) is 1. The van der Waals surface area contributed by atoms with Crippen LogP contribution in [-0.4, -0.2) is 44.6 Å². The molecular weight excluding hydrogens is 388 g/mol. The Morgan fingerprint density at radius 2 is 2.08 bits per heavy atom. The first-order chi connectivity index (χ1) is 11.5. The molecule has 7 nitrogen and oxygen atoms in total. The van der Waals surface area contributed by atoms with E-state index in [1.807, 2.05) is 27.7 Å². The van der Waals surface area contributed by atoms with Crippen LogP contribution in [0.2, 0.25) is 0 Å². The van der Waals surface area contributed by atoms with Crippen LogP contribution in [-0.2, 0) is 9.53 Å². The first-order valence-electron chi connectivity index (χ1n) is 8.31. The smallest absolute Gasteiger partial charge is 0.411 e. The van der Waals surface area contributed by atoms with Gasteiger partial charge in [0, 0.05) is 6.04 Å². The van der Waals surface area contributed by atoms with Crippen molar-refractivity contribution in [1.29, 1.82) is 0 Å². The summed E-state index contributed by atoms with van der Waals surface area (Å²) in [6, 6.07) is -0.491. The number of hydrogen-bond acceptors (Lipinski definition) is 5. The lowest BCUT2D eigenvalue weighted by Crippen LogP contribution is -2.47. The third kappa shape index (κ3) is 3.63. The van der Waals surface area contributed by atoms with Crippen molar-refractivity contribution in [1.82, 2.24) is 14.9 Å². The van der Waals surface area contributed by atoms with Crippen molar-refractivity contribution in [2.45, 2.75) is 65.1 Å². The zero-order valence-corrected chi connectivity index (χ0v) is 16.7. The molecule has 0 aromatic carbocycles. The van der Waals surface area contributed by atoms with Crippen molar-refractivity contribution in [3.8, 4) is 0 Å². The third-order valence-electron chi connectivity index (χ3n) is 4.69. The summed E-state index contributed by atoms with van der Waals surface area (Å²) in [5.74, 6) is 0.0988. The molecule has 0 unspecified atom stereocenters. The summed E-state index contributed by atoms with van der Waals surface area (Å²) >= 11 is 3.30. The second kappa shape index (κ2) is 5.93. The fourth-order valence-electron chi connectivity index (χ4n) is 3.28. The number of aryl methyl sites for hydroxylation is 1. The maximum atomic E-state index is 12.8. The molecule has 2 amide bonds. The molecule has 3 atom stereocenters. The van der Waals surface area contributed by atoms with Crippen molar-refractivity contribution in [3.63, 3.8) is 0 Å². The van der Waals surface area contributed by atoms with Gasteiger partial charge in [0.25, 0.3) is 0 Å². The number of fused-ring (bicyclic) bond motifs is 1. The van der Waals surface area contributed by atoms with Crippen LogP contribution >= 0.6 is 15.9 Å². The Bertz CT molecular complexity index is 733. The summed E-state index contributed by atoms with van der Waals surface area (Å²) in [6.07, 6.45) is 2.61. The number of carbonyl (C=O) groups is 2. The van der Waals surface area contributed by atoms with Crippen LogP contribution < -0.4 is 5.32 Å². The van der Waals surface area contributed by atoms with Gasteiger partial charge >= 0.3 is 6.09 Å². The minimum atomic E-state index is -0.598. The number of anilines is 1. The zero-order chi connectivity index (χ0) is 18.6. The summed E-state index contributed by atoms with van der Waals surface area (Å²) in [5, 5.41) is 2.77. The fraction of sp³-hybridized carbons (Fsp3) is 0.647. The fourth-order valence-corrected chi connectivity index (χ4v) is 3.57. The van der Waals surface area contributed by atoms with Crippen LogP contribution in [0.1, 0.15) is 46.2 Å². The molecule has 2 fully saturated rings. The van der Waals surface area contributed by atoms with Gasteiger partial charge in [0.2, 0.25) is 5.91 Å². The van der Waals surface area contributed by atoms with Gasteiger partial charge in [-0.3, -0.25) is 14.7 Å². The van der Waals surface area contributed by atoms with Gasteiger partial charge in [-0.25, -0.2) is 9.78 Å². The molecular formula is C17H23BrN4O3. The SMILES string of the molecule is Cc1ncc(NC(=O)[C@H]2C[C@@]3(C)C[C@H]3N2C(=O)OC(C)(C)C)nc1Br. The van der Waals surface area contributed by atoms with E-state index in [4.69, 9.17) is 4.74 Å². The summed E-state index contributed by atoms with van der Waals surface area (Å²) in [5.41, 5.74) is 0.139. The average Bonchev–Trinajstić information content (AvgIpc) is 3.02. The van der Waals surface area contributed by atoms with Crippen LogP contribution in [0.25, 0.3) is 0 Å². The summed E-state index contributed by atoms with van der Waals surface area (Å²) in [6.45, 7) is 9.38. The predicted octanol–water partition coefficient (Wildman–Crippen LogP) is 3.27. The van der Waals surface area contributed by atoms with Gasteiger partial charge in [-0.1, -0.05) is 6.92 Å². The molecule has 1 N–H and O–H groups in total. The van der Waals surface area contributed by atoms with Crippen molar-refractivity contribution < 1.29 is 14.3 Å². The molecule has 25 heavy (non-hydrogen) atoms. The second-order valence-electron chi connectivity index (χ2n) is 8.10. The number of amides is 2. The van der Waals surface area contributed by atoms with E-state index in [0.29, 0.717) is 16.8 Å². The van der Waals surface area contributed by atoms with E-state index in [1.54, 1.807) is 4.90 Å². The predicted molar refractivity (Wildman–Crippen MR) is 96.1 cm³/mol. The maximum Gasteiger partial charge on any atom is 0.411 e. The monoisotopic (exact) mass is 410 g/mol. The lowest BCUT2D eigenvalue weighted by Gasteiger charge is -2.29. The van der Waals surface area contributed by atoms with Crippen LogP contribution in [0.15, 0.2) is 10.8 Å². The average molecular weight is 411 g/mol. The Labute approximate surface area is 155 Å². The van der Waals surface area contributed by atoms with Gasteiger partial charge in [0.1, 0.15) is 16.2 Å². The third-order valence-corrected chi connectivity index (χ3v) is 5.44. The van der Waals surface area contributed by atoms with Crippen LogP contribution in [0.3, 0.4) is 0 Å². The Kier molecular flexibility index (Phi) is 4.29. The van der Waals surface area contributed by atoms with Crippen molar-refractivity contribution >= 4 is 33.7 Å². The first kappa shape index (κ1) is 18.1. The van der Waals surface area contributed by atoms with E-state index in [0.717, 1.165) is 12.1 Å². The molecule has 8 heteroatoms. The van der Waals surface area contributed by atoms with Crippen LogP contribution in [0.5, 0.6) is 0 Å². The minimum absolute atomic E-state index is 0.00154. The van der Waals surface area contributed by atoms with Gasteiger partial charge in [-0.2, -0.15) is 0 Å². The Balaban J connectivity index is 1.76. The van der Waals surface area contributed by atoms with E-state index < -0.39 is 17.7 Å². The van der Waals surface area contributed by atoms with E-state index in [-0.39, 0.29) is 17.4 Å². The first-order valence-corrected chi connectivity index (χ1v) is 9.11. The van der Waals surface area contributed by atoms with Crippen molar-refractivity contribution in [2.75, 3.05) is 5.32 Å². The Hall–Kier alpha value is -1.70. The molecule has 0 spiro atoms. The number of likely N-dealkylation sites (tertiary alicyclic amines) is 1. The van der Waals surface area contributed by atoms with Gasteiger partial charge in [-0.05, 0) is 61.9 Å². The number of piperidine rings is 1. The van der Waals surface area contributed by atoms with E-state index in [2.05, 4.69) is 38.1 Å². The highest BCUT2D eigenvalue weighted by Crippen LogP contribution is 2.59. The number of halogens is 1. The van der Waals surface area contributed by atoms with Gasteiger partial charge in [0.15, 0.2) is 5.82 Å². The summed E-state index contributed by atoms with van der Waals surface area (Å²) in [7, 11) is 0. The largest absolute Gasteiger partial charge is 0.444 e. The molecule has 1 aromatic rings. The zero-order valence-electron chi connectivity index (χ0n) is 15.1. The topological polar surface area (TPSA) is 84.4 Å². The molecule has 1 saturated heterocycles. The minimum Gasteiger partial charge on any atom is -0.444 e. The van der Waals surface area contributed by atoms with Crippen molar-refractivity contribution in [2.24, 2.45) is 5.41 Å². The van der Waals surface area contributed by atoms with E-state index in [9.17, 15) is 9.59 Å². The van der Waals surface area contributed by atoms with E-state index >= 15 is 0 Å². The summed E-state index contributed by atoms with van der Waals surface area (Å²) < 4.78 is 6.08. The molecule has 1 aliphatic heterocycles. The molecule has 2 aliphatic rings. The van der Waals surface area contributed by atoms with Crippen LogP contribution in [0, 0.1) is 12.3 Å². The second-order valence-corrected chi connectivity index (χ2v) is 8.85. The highest BCUT2D eigenvalue weighted by Gasteiger charge is 2.65. The number of nitrogens with zero attached hydrogens (tertiary/aromatic N) is 3. The number of rotatable bonds is 2. The van der Waals surface area contributed by atoms with E-state index in [1.165, 1.54) is 6.20 Å². The Morgan fingerprint density at radius 1 is 1.40 bits per heavy atom. The van der Waals surface area contributed by atoms with Gasteiger partial charge in [0.05, 0.1) is 11.9 Å². The van der Waals surface area contributed by atoms with Crippen LogP contribution in [0.4, 0.5) is 10.6 Å². The normalized spacial score (nSPS) is 27.7. The number of aromatic nitrogens is 2. The summed E-state index contributed by atoms with van der Waals surface area (Å²) in [4.78, 5) is 35.4. The van der Waals surface area contributed by atoms with Gasteiger partial charge < -0.3 is 10.1 Å². The molecule has 2 heterocycles. The lowest BCUT2D eigenvalue weighted by molar-refractivity contribution is -0.121. The standard InChI is InChI=1S/C17H23BrN4O3/c1-9-13(18)20-12(8-19-9)21-14(23)10-6-17(5)7-11(17)22(10)15(24)25-16(2,3)4/h8,10-11H,6-7H2,1-5H3,(H,20,21,23)/t10-,11-,17+/m1/s1. The molecule has 136 valence electrons. The number of carbonyl (C=O) groups excluding carboxylic acids is 2. The maximum absolute atomic E-state index is 12.8. The van der Waals surface area contributed by atoms with Gasteiger partial charge in [-0.15, -0.1) is 0 Å². The number of hydrogen-bond donors (Lipinski definition) is 1. The highest BCUT2D eigenvalue weighted by molar-refractivity contribution is 9.10. The van der Waals surface area contributed by atoms with Crippen molar-refractivity contribution in [3.05, 3.63) is 16.5 Å². The molecule has 1 saturated carbocycles. The molecule has 3 rings (SSSR count). The quantitative estimate of drug-likeness (QED) is 0.808. The molecule has 0 radical (unpaired) electrons. The molecule has 1 aromatic heterocycles. The Morgan fingerprint density at radius 3 is 2.68 bits per heavy atom. The highest BCUT2D eigenvalue weighted by atomic mass is 79.9. The lowest BCUT2D eigenvalue weighted by atomic mass is 10.0.